The molecular formula is C6H13NaO3. The number of aliphatic hydroxyl groups is 3. The average Bonchev–Trinajstić information content (AvgIpc) is 1.87. The fourth-order valence-electron chi connectivity index (χ4n) is 0.450. The Balaban J connectivity index is -0.000000320. The minimum Gasteiger partial charge on any atom is -1.00 e. The van der Waals surface area contributed by atoms with Crippen LogP contribution in [0, 0.1) is 0 Å². The molecule has 2 unspecified atom stereocenters. The number of aliphatic hydroxyl groups excluding tert-OH is 3. The molecule has 0 spiro atoms. The molecule has 0 fully saturated rings. The van der Waals surface area contributed by atoms with Gasteiger partial charge in [-0.2, -0.15) is 0 Å². The fourth-order valence-corrected chi connectivity index (χ4v) is 0.450. The van der Waals surface area contributed by atoms with E-state index >= 15 is 0 Å². The van der Waals surface area contributed by atoms with Crippen molar-refractivity contribution in [3.05, 3.63) is 12.7 Å². The van der Waals surface area contributed by atoms with Crippen LogP contribution in [-0.2, 0) is 0 Å². The SMILES string of the molecule is C=CCC(O)C(O)CO.[H-].[Na+]. The van der Waals surface area contributed by atoms with E-state index in [4.69, 9.17) is 15.3 Å². The zero-order chi connectivity index (χ0) is 7.28. The average molecular weight is 156 g/mol. The smallest absolute Gasteiger partial charge is 1.00 e. The maximum atomic E-state index is 8.84. The number of hydrogen-bond acceptors (Lipinski definition) is 3. The molecule has 4 heteroatoms. The van der Waals surface area contributed by atoms with E-state index < -0.39 is 18.8 Å². The second-order valence-corrected chi connectivity index (χ2v) is 1.84. The van der Waals surface area contributed by atoms with E-state index in [-0.39, 0.29) is 31.0 Å². The molecule has 0 aliphatic rings. The van der Waals surface area contributed by atoms with Crippen LogP contribution in [0.3, 0.4) is 0 Å². The van der Waals surface area contributed by atoms with Crippen molar-refractivity contribution in [1.29, 1.82) is 0 Å². The van der Waals surface area contributed by atoms with Gasteiger partial charge in [-0.25, -0.2) is 0 Å². The molecular weight excluding hydrogens is 143 g/mol. The molecule has 56 valence electrons. The van der Waals surface area contributed by atoms with Crippen molar-refractivity contribution in [2.45, 2.75) is 18.6 Å². The minimum absolute atomic E-state index is 0. The molecule has 0 aromatic rings. The summed E-state index contributed by atoms with van der Waals surface area (Å²) in [4.78, 5) is 0. The van der Waals surface area contributed by atoms with Crippen LogP contribution in [0.15, 0.2) is 12.7 Å². The van der Waals surface area contributed by atoms with Crippen LogP contribution in [0.1, 0.15) is 7.85 Å². The van der Waals surface area contributed by atoms with Crippen LogP contribution >= 0.6 is 0 Å². The first-order chi connectivity index (χ1) is 4.22. The Bertz CT molecular complexity index is 91.9. The molecule has 0 saturated heterocycles. The van der Waals surface area contributed by atoms with Crippen LogP contribution in [-0.4, -0.2) is 34.1 Å². The Hall–Kier alpha value is 0.620. The summed E-state index contributed by atoms with van der Waals surface area (Å²) in [6, 6.07) is 0. The van der Waals surface area contributed by atoms with Crippen molar-refractivity contribution in [2.24, 2.45) is 0 Å². The van der Waals surface area contributed by atoms with Crippen LogP contribution in [0.25, 0.3) is 0 Å². The van der Waals surface area contributed by atoms with E-state index in [2.05, 4.69) is 6.58 Å². The summed E-state index contributed by atoms with van der Waals surface area (Å²) in [5.74, 6) is 0. The van der Waals surface area contributed by atoms with Gasteiger partial charge in [-0.1, -0.05) is 6.08 Å². The van der Waals surface area contributed by atoms with E-state index in [0.29, 0.717) is 6.42 Å². The van der Waals surface area contributed by atoms with Gasteiger partial charge in [-0.15, -0.1) is 6.58 Å². The first-order valence-electron chi connectivity index (χ1n) is 2.80. The second kappa shape index (κ2) is 7.72. The van der Waals surface area contributed by atoms with Crippen molar-refractivity contribution < 1.29 is 46.3 Å². The van der Waals surface area contributed by atoms with Gasteiger partial charge in [-0.05, 0) is 6.42 Å². The normalized spacial score (nSPS) is 15.1. The van der Waals surface area contributed by atoms with Crippen LogP contribution in [0.2, 0.25) is 0 Å². The third-order valence-corrected chi connectivity index (χ3v) is 1.04. The molecule has 0 amide bonds. The van der Waals surface area contributed by atoms with Gasteiger partial charge in [0.15, 0.2) is 0 Å². The molecule has 0 aromatic heterocycles. The summed E-state index contributed by atoms with van der Waals surface area (Å²) in [6.45, 7) is 2.96. The molecule has 0 aliphatic heterocycles. The maximum Gasteiger partial charge on any atom is 1.00 e. The minimum atomic E-state index is -1.04. The fraction of sp³-hybridized carbons (Fsp3) is 0.667. The molecule has 0 aliphatic carbocycles. The molecule has 3 nitrogen and oxygen atoms in total. The number of hydrogen-bond donors (Lipinski definition) is 3. The molecule has 0 aromatic carbocycles. The standard InChI is InChI=1S/C6H12O3.Na.H/c1-2-3-5(8)6(9)4-7;;/h2,5-9H,1,3-4H2;;/q;+1;-1. The van der Waals surface area contributed by atoms with E-state index in [1.807, 2.05) is 0 Å². The van der Waals surface area contributed by atoms with Gasteiger partial charge in [0.25, 0.3) is 0 Å². The Morgan fingerprint density at radius 1 is 1.40 bits per heavy atom. The van der Waals surface area contributed by atoms with Crippen molar-refractivity contribution in [3.8, 4) is 0 Å². The first-order valence-corrected chi connectivity index (χ1v) is 2.80. The van der Waals surface area contributed by atoms with Gasteiger partial charge in [-0.3, -0.25) is 0 Å². The van der Waals surface area contributed by atoms with Crippen molar-refractivity contribution >= 4 is 0 Å². The zero-order valence-corrected chi connectivity index (χ0v) is 8.20. The van der Waals surface area contributed by atoms with Crippen molar-refractivity contribution in [1.82, 2.24) is 0 Å². The molecule has 10 heavy (non-hydrogen) atoms. The molecule has 0 heterocycles. The summed E-state index contributed by atoms with van der Waals surface area (Å²) in [7, 11) is 0. The third kappa shape index (κ3) is 5.41. The Kier molecular flexibility index (Phi) is 10.2. The summed E-state index contributed by atoms with van der Waals surface area (Å²) in [6.07, 6.45) is -0.124. The van der Waals surface area contributed by atoms with Crippen LogP contribution in [0.5, 0.6) is 0 Å². The Labute approximate surface area is 84.2 Å². The van der Waals surface area contributed by atoms with Crippen molar-refractivity contribution in [3.63, 3.8) is 0 Å². The molecule has 2 atom stereocenters. The summed E-state index contributed by atoms with van der Waals surface area (Å²) < 4.78 is 0. The summed E-state index contributed by atoms with van der Waals surface area (Å²) in [5, 5.41) is 25.8. The Morgan fingerprint density at radius 3 is 2.20 bits per heavy atom. The van der Waals surface area contributed by atoms with E-state index in [1.54, 1.807) is 0 Å². The van der Waals surface area contributed by atoms with Gasteiger partial charge in [0.05, 0.1) is 12.7 Å². The quantitative estimate of drug-likeness (QED) is 0.291. The van der Waals surface area contributed by atoms with Crippen LogP contribution in [0.4, 0.5) is 0 Å². The summed E-state index contributed by atoms with van der Waals surface area (Å²) >= 11 is 0. The van der Waals surface area contributed by atoms with Crippen LogP contribution < -0.4 is 29.6 Å². The van der Waals surface area contributed by atoms with Gasteiger partial charge >= 0.3 is 29.6 Å². The topological polar surface area (TPSA) is 60.7 Å². The third-order valence-electron chi connectivity index (χ3n) is 1.04. The van der Waals surface area contributed by atoms with Crippen molar-refractivity contribution in [2.75, 3.05) is 6.61 Å². The maximum absolute atomic E-state index is 8.84. The summed E-state index contributed by atoms with van der Waals surface area (Å²) in [5.41, 5.74) is 0. The Morgan fingerprint density at radius 2 is 1.90 bits per heavy atom. The largest absolute Gasteiger partial charge is 1.00 e. The van der Waals surface area contributed by atoms with Gasteiger partial charge in [0, 0.05) is 0 Å². The predicted molar refractivity (Wildman–Crippen MR) is 35.0 cm³/mol. The first kappa shape index (κ1) is 13.2. The second-order valence-electron chi connectivity index (χ2n) is 1.84. The molecule has 3 N–H and O–H groups in total. The predicted octanol–water partition coefficient (Wildman–Crippen LogP) is -3.61. The van der Waals surface area contributed by atoms with E-state index in [9.17, 15) is 0 Å². The van der Waals surface area contributed by atoms with E-state index in [1.165, 1.54) is 6.08 Å². The zero-order valence-electron chi connectivity index (χ0n) is 7.20. The van der Waals surface area contributed by atoms with Gasteiger partial charge in [0.1, 0.15) is 6.10 Å². The van der Waals surface area contributed by atoms with E-state index in [0.717, 1.165) is 0 Å². The van der Waals surface area contributed by atoms with Gasteiger partial charge < -0.3 is 16.7 Å². The molecule has 0 saturated carbocycles. The monoisotopic (exact) mass is 156 g/mol. The molecule has 0 rings (SSSR count). The molecule has 0 bridgehead atoms. The molecule has 0 radical (unpaired) electrons. The van der Waals surface area contributed by atoms with Gasteiger partial charge in [0.2, 0.25) is 0 Å². The number of rotatable bonds is 4.